The van der Waals surface area contributed by atoms with Gasteiger partial charge in [-0.15, -0.1) is 0 Å². The van der Waals surface area contributed by atoms with E-state index in [1.807, 2.05) is 24.3 Å². The highest BCUT2D eigenvalue weighted by Gasteiger charge is 2.07. The van der Waals surface area contributed by atoms with Crippen LogP contribution in [0.15, 0.2) is 66.7 Å². The highest BCUT2D eigenvalue weighted by molar-refractivity contribution is 5.74. The third kappa shape index (κ3) is 5.09. The Hall–Kier alpha value is -2.82. The summed E-state index contributed by atoms with van der Waals surface area (Å²) in [5.41, 5.74) is 5.51. The first kappa shape index (κ1) is 19.0. The van der Waals surface area contributed by atoms with Gasteiger partial charge in [-0.1, -0.05) is 48.0 Å². The second-order valence-electron chi connectivity index (χ2n) is 6.28. The average molecular weight is 364 g/mol. The van der Waals surface area contributed by atoms with Crippen molar-refractivity contribution in [3.8, 4) is 33.8 Å². The van der Waals surface area contributed by atoms with E-state index in [-0.39, 0.29) is 26.4 Å². The number of rotatable bonds is 8. The van der Waals surface area contributed by atoms with Crippen LogP contribution in [-0.2, 0) is 0 Å². The van der Waals surface area contributed by atoms with Crippen LogP contribution >= 0.6 is 0 Å². The van der Waals surface area contributed by atoms with Crippen LogP contribution in [0.4, 0.5) is 0 Å². The third-order valence-electron chi connectivity index (χ3n) is 4.18. The average Bonchev–Trinajstić information content (AvgIpc) is 2.71. The number of hydrogen-bond donors (Lipinski definition) is 2. The summed E-state index contributed by atoms with van der Waals surface area (Å²) in [5.74, 6) is 1.24. The Morgan fingerprint density at radius 2 is 1.19 bits per heavy atom. The molecule has 0 aliphatic heterocycles. The molecule has 0 atom stereocenters. The van der Waals surface area contributed by atoms with E-state index in [1.165, 1.54) is 5.56 Å². The molecule has 0 bridgehead atoms. The summed E-state index contributed by atoms with van der Waals surface area (Å²) >= 11 is 0. The molecule has 0 amide bonds. The maximum Gasteiger partial charge on any atom is 0.123 e. The number of benzene rings is 3. The fourth-order valence-electron chi connectivity index (χ4n) is 2.86. The number of aliphatic hydroxyl groups excluding tert-OH is 2. The third-order valence-corrected chi connectivity index (χ3v) is 4.18. The molecule has 0 heterocycles. The fraction of sp³-hybridized carbons (Fsp3) is 0.217. The molecular formula is C23H24O4. The molecule has 4 heteroatoms. The largest absolute Gasteiger partial charge is 0.491 e. The summed E-state index contributed by atoms with van der Waals surface area (Å²) in [5, 5.41) is 18.0. The van der Waals surface area contributed by atoms with Crippen molar-refractivity contribution in [3.05, 3.63) is 72.3 Å². The molecule has 0 aliphatic carbocycles. The number of ether oxygens (including phenoxy) is 2. The Bertz CT molecular complexity index is 846. The van der Waals surface area contributed by atoms with E-state index in [0.717, 1.165) is 22.3 Å². The minimum absolute atomic E-state index is 0.0556. The summed E-state index contributed by atoms with van der Waals surface area (Å²) in [7, 11) is 0. The van der Waals surface area contributed by atoms with Gasteiger partial charge in [0.2, 0.25) is 0 Å². The van der Waals surface area contributed by atoms with Crippen LogP contribution in [0.3, 0.4) is 0 Å². The molecule has 0 saturated heterocycles. The van der Waals surface area contributed by atoms with Gasteiger partial charge >= 0.3 is 0 Å². The maximum atomic E-state index is 9.02. The SMILES string of the molecule is Cc1ccc(-c2cccc(-c3cc(OCCO)cc(OCCO)c3)c2)cc1. The van der Waals surface area contributed by atoms with Gasteiger partial charge in [-0.05, 0) is 47.4 Å². The zero-order valence-electron chi connectivity index (χ0n) is 15.4. The van der Waals surface area contributed by atoms with Crippen LogP contribution in [0.5, 0.6) is 11.5 Å². The van der Waals surface area contributed by atoms with Crippen molar-refractivity contribution in [1.82, 2.24) is 0 Å². The van der Waals surface area contributed by atoms with Gasteiger partial charge < -0.3 is 19.7 Å². The first-order chi connectivity index (χ1) is 13.2. The molecular weight excluding hydrogens is 340 g/mol. The Kier molecular flexibility index (Phi) is 6.47. The summed E-state index contributed by atoms with van der Waals surface area (Å²) in [4.78, 5) is 0. The molecule has 140 valence electrons. The molecule has 0 saturated carbocycles. The van der Waals surface area contributed by atoms with Gasteiger partial charge in [0.05, 0.1) is 13.2 Å². The molecule has 3 aromatic carbocycles. The van der Waals surface area contributed by atoms with Gasteiger partial charge in [-0.3, -0.25) is 0 Å². The Balaban J connectivity index is 1.96. The number of aliphatic hydroxyl groups is 2. The van der Waals surface area contributed by atoms with Crippen LogP contribution in [0, 0.1) is 6.92 Å². The molecule has 0 fully saturated rings. The highest BCUT2D eigenvalue weighted by atomic mass is 16.5. The normalized spacial score (nSPS) is 10.6. The minimum atomic E-state index is -0.0556. The van der Waals surface area contributed by atoms with E-state index >= 15 is 0 Å². The van der Waals surface area contributed by atoms with E-state index in [4.69, 9.17) is 19.7 Å². The van der Waals surface area contributed by atoms with Crippen molar-refractivity contribution in [2.75, 3.05) is 26.4 Å². The Morgan fingerprint density at radius 3 is 1.74 bits per heavy atom. The summed E-state index contributed by atoms with van der Waals surface area (Å²) in [6, 6.07) is 22.3. The molecule has 0 radical (unpaired) electrons. The first-order valence-corrected chi connectivity index (χ1v) is 8.99. The van der Waals surface area contributed by atoms with Crippen molar-refractivity contribution in [2.45, 2.75) is 6.92 Å². The lowest BCUT2D eigenvalue weighted by atomic mass is 9.98. The fourth-order valence-corrected chi connectivity index (χ4v) is 2.86. The minimum Gasteiger partial charge on any atom is -0.491 e. The molecule has 3 aromatic rings. The molecule has 2 N–H and O–H groups in total. The van der Waals surface area contributed by atoms with Gasteiger partial charge in [0, 0.05) is 6.07 Å². The molecule has 0 aromatic heterocycles. The molecule has 3 rings (SSSR count). The summed E-state index contributed by atoms with van der Waals surface area (Å²) in [6.07, 6.45) is 0. The predicted octanol–water partition coefficient (Wildman–Crippen LogP) is 4.07. The van der Waals surface area contributed by atoms with Gasteiger partial charge in [-0.25, -0.2) is 0 Å². The van der Waals surface area contributed by atoms with Gasteiger partial charge in [0.15, 0.2) is 0 Å². The Morgan fingerprint density at radius 1 is 0.630 bits per heavy atom. The van der Waals surface area contributed by atoms with E-state index in [9.17, 15) is 0 Å². The molecule has 27 heavy (non-hydrogen) atoms. The van der Waals surface area contributed by atoms with E-state index in [1.54, 1.807) is 6.07 Å². The van der Waals surface area contributed by atoms with Crippen molar-refractivity contribution in [2.24, 2.45) is 0 Å². The van der Waals surface area contributed by atoms with E-state index in [2.05, 4.69) is 43.3 Å². The van der Waals surface area contributed by atoms with Crippen LogP contribution in [0.25, 0.3) is 22.3 Å². The lowest BCUT2D eigenvalue weighted by molar-refractivity contribution is 0.195. The van der Waals surface area contributed by atoms with Gasteiger partial charge in [-0.2, -0.15) is 0 Å². The standard InChI is InChI=1S/C23H24O4/c1-17-5-7-18(8-6-17)19-3-2-4-20(13-19)21-14-22(26-11-9-24)16-23(15-21)27-12-10-25/h2-8,13-16,24-25H,9-12H2,1H3. The lowest BCUT2D eigenvalue weighted by Gasteiger charge is -2.12. The second-order valence-corrected chi connectivity index (χ2v) is 6.28. The van der Waals surface area contributed by atoms with Crippen molar-refractivity contribution in [1.29, 1.82) is 0 Å². The maximum absolute atomic E-state index is 9.02. The van der Waals surface area contributed by atoms with Crippen molar-refractivity contribution >= 4 is 0 Å². The van der Waals surface area contributed by atoms with Gasteiger partial charge in [0.1, 0.15) is 24.7 Å². The Labute approximate surface area is 159 Å². The van der Waals surface area contributed by atoms with Crippen LogP contribution < -0.4 is 9.47 Å². The highest BCUT2D eigenvalue weighted by Crippen LogP contribution is 2.32. The topological polar surface area (TPSA) is 58.9 Å². The van der Waals surface area contributed by atoms with Crippen molar-refractivity contribution < 1.29 is 19.7 Å². The zero-order chi connectivity index (χ0) is 19.1. The number of aryl methyl sites for hydroxylation is 1. The zero-order valence-corrected chi connectivity index (χ0v) is 15.4. The van der Waals surface area contributed by atoms with Gasteiger partial charge in [0.25, 0.3) is 0 Å². The van der Waals surface area contributed by atoms with Crippen LogP contribution in [-0.4, -0.2) is 36.6 Å². The first-order valence-electron chi connectivity index (χ1n) is 8.99. The predicted molar refractivity (Wildman–Crippen MR) is 107 cm³/mol. The quantitative estimate of drug-likeness (QED) is 0.633. The van der Waals surface area contributed by atoms with E-state index in [0.29, 0.717) is 11.5 Å². The van der Waals surface area contributed by atoms with E-state index < -0.39 is 0 Å². The van der Waals surface area contributed by atoms with Crippen molar-refractivity contribution in [3.63, 3.8) is 0 Å². The van der Waals surface area contributed by atoms with Crippen LogP contribution in [0.1, 0.15) is 5.56 Å². The van der Waals surface area contributed by atoms with Crippen LogP contribution in [0.2, 0.25) is 0 Å². The lowest BCUT2D eigenvalue weighted by Crippen LogP contribution is -2.04. The molecule has 0 spiro atoms. The number of hydrogen-bond acceptors (Lipinski definition) is 4. The molecule has 0 aliphatic rings. The summed E-state index contributed by atoms with van der Waals surface area (Å²) < 4.78 is 11.1. The molecule has 0 unspecified atom stereocenters. The second kappa shape index (κ2) is 9.21. The molecule has 4 nitrogen and oxygen atoms in total. The summed E-state index contributed by atoms with van der Waals surface area (Å²) in [6.45, 7) is 2.39. The monoisotopic (exact) mass is 364 g/mol. The smallest absolute Gasteiger partial charge is 0.123 e.